The smallest absolute Gasteiger partial charge is 0.265 e. The normalized spacial score (nSPS) is 19.4. The second kappa shape index (κ2) is 5.85. The van der Waals surface area contributed by atoms with Crippen LogP contribution in [0.5, 0.6) is 0 Å². The van der Waals surface area contributed by atoms with E-state index in [0.717, 1.165) is 16.8 Å². The van der Waals surface area contributed by atoms with Crippen molar-refractivity contribution < 1.29 is 13.2 Å². The quantitative estimate of drug-likeness (QED) is 0.805. The second-order valence-corrected chi connectivity index (χ2v) is 9.17. The van der Waals surface area contributed by atoms with Crippen LogP contribution >= 0.6 is 15.9 Å². The maximum absolute atomic E-state index is 13.3. The molecule has 0 aliphatic carbocycles. The Morgan fingerprint density at radius 1 is 1.20 bits per heavy atom. The zero-order chi connectivity index (χ0) is 17.8. The van der Waals surface area contributed by atoms with E-state index in [-0.39, 0.29) is 16.7 Å². The number of aryl methyl sites for hydroxylation is 1. The minimum absolute atomic E-state index is 0.0442. The first-order chi connectivity index (χ1) is 11.9. The minimum atomic E-state index is -3.69. The molecule has 0 unspecified atom stereocenters. The standard InChI is InChI=1S/C18H17BrN2O3S/c1-11-10-21(16-5-3-2-4-13(11)16)25(23,24)17-8-12-6-7-18(22)20-15(12)9-14(17)19/h2-5,8-9,11H,6-7,10H2,1H3,(H,20,22)/t11-/m1/s1. The number of anilines is 2. The molecule has 0 fully saturated rings. The van der Waals surface area contributed by atoms with Gasteiger partial charge in [0.25, 0.3) is 10.0 Å². The van der Waals surface area contributed by atoms with Gasteiger partial charge in [0.1, 0.15) is 4.90 Å². The lowest BCUT2D eigenvalue weighted by atomic mass is 10.0. The molecule has 0 bridgehead atoms. The molecule has 1 atom stereocenters. The average Bonchev–Trinajstić information content (AvgIpc) is 2.92. The van der Waals surface area contributed by atoms with Crippen LogP contribution in [0.25, 0.3) is 0 Å². The highest BCUT2D eigenvalue weighted by atomic mass is 79.9. The third-order valence-electron chi connectivity index (χ3n) is 4.80. The van der Waals surface area contributed by atoms with Crippen LogP contribution in [0.15, 0.2) is 45.8 Å². The van der Waals surface area contributed by atoms with Crippen LogP contribution in [0, 0.1) is 0 Å². The van der Waals surface area contributed by atoms with Gasteiger partial charge < -0.3 is 5.32 Å². The van der Waals surface area contributed by atoms with Gasteiger partial charge in [0.15, 0.2) is 0 Å². The van der Waals surface area contributed by atoms with Gasteiger partial charge in [0.2, 0.25) is 5.91 Å². The summed E-state index contributed by atoms with van der Waals surface area (Å²) in [4.78, 5) is 11.8. The van der Waals surface area contributed by atoms with Crippen LogP contribution in [0.4, 0.5) is 11.4 Å². The van der Waals surface area contributed by atoms with Gasteiger partial charge in [-0.15, -0.1) is 0 Å². The fourth-order valence-electron chi connectivity index (χ4n) is 3.50. The number of nitrogens with one attached hydrogen (secondary N) is 1. The van der Waals surface area contributed by atoms with E-state index in [0.29, 0.717) is 29.5 Å². The molecule has 25 heavy (non-hydrogen) atoms. The summed E-state index contributed by atoms with van der Waals surface area (Å²) in [5, 5.41) is 2.79. The molecule has 2 aromatic rings. The number of hydrogen-bond acceptors (Lipinski definition) is 3. The molecule has 0 saturated carbocycles. The molecule has 4 rings (SSSR count). The second-order valence-electron chi connectivity index (χ2n) is 6.48. The number of nitrogens with zero attached hydrogens (tertiary/aromatic N) is 1. The van der Waals surface area contributed by atoms with Gasteiger partial charge in [-0.05, 0) is 51.7 Å². The summed E-state index contributed by atoms with van der Waals surface area (Å²) in [6.07, 6.45) is 0.918. The van der Waals surface area contributed by atoms with Gasteiger partial charge in [-0.3, -0.25) is 9.10 Å². The lowest BCUT2D eigenvalue weighted by Gasteiger charge is -2.23. The summed E-state index contributed by atoms with van der Waals surface area (Å²) < 4.78 is 28.6. The van der Waals surface area contributed by atoms with Crippen molar-refractivity contribution in [1.29, 1.82) is 0 Å². The van der Waals surface area contributed by atoms with Crippen molar-refractivity contribution in [2.75, 3.05) is 16.2 Å². The van der Waals surface area contributed by atoms with Crippen LogP contribution in [-0.4, -0.2) is 20.9 Å². The molecule has 5 nitrogen and oxygen atoms in total. The molecule has 0 radical (unpaired) electrons. The number of halogens is 1. The van der Waals surface area contributed by atoms with Crippen LogP contribution in [0.3, 0.4) is 0 Å². The molecule has 130 valence electrons. The Balaban J connectivity index is 1.81. The summed E-state index contributed by atoms with van der Waals surface area (Å²) >= 11 is 3.38. The van der Waals surface area contributed by atoms with Gasteiger partial charge in [0, 0.05) is 29.0 Å². The zero-order valence-electron chi connectivity index (χ0n) is 13.6. The van der Waals surface area contributed by atoms with Crippen molar-refractivity contribution in [1.82, 2.24) is 0 Å². The summed E-state index contributed by atoms with van der Waals surface area (Å²) in [5.74, 6) is 0.110. The van der Waals surface area contributed by atoms with E-state index in [1.54, 1.807) is 12.1 Å². The van der Waals surface area contributed by atoms with Gasteiger partial charge in [-0.1, -0.05) is 25.1 Å². The topological polar surface area (TPSA) is 66.5 Å². The number of para-hydroxylation sites is 1. The number of sulfonamides is 1. The highest BCUT2D eigenvalue weighted by Crippen LogP contribution is 2.41. The summed E-state index contributed by atoms with van der Waals surface area (Å²) in [7, 11) is -3.69. The molecule has 2 heterocycles. The van der Waals surface area contributed by atoms with Gasteiger partial charge >= 0.3 is 0 Å². The van der Waals surface area contributed by atoms with Gasteiger partial charge in [-0.2, -0.15) is 0 Å². The maximum atomic E-state index is 13.3. The molecule has 0 saturated heterocycles. The van der Waals surface area contributed by atoms with Crippen molar-refractivity contribution in [3.8, 4) is 0 Å². The Labute approximate surface area is 155 Å². The minimum Gasteiger partial charge on any atom is -0.326 e. The number of benzene rings is 2. The molecule has 7 heteroatoms. The lowest BCUT2D eigenvalue weighted by Crippen LogP contribution is -2.30. The first-order valence-corrected chi connectivity index (χ1v) is 10.3. The molecule has 2 aliphatic heterocycles. The van der Waals surface area contributed by atoms with Crippen molar-refractivity contribution >= 4 is 43.2 Å². The van der Waals surface area contributed by atoms with E-state index in [4.69, 9.17) is 0 Å². The molecule has 0 spiro atoms. The first kappa shape index (κ1) is 16.6. The van der Waals surface area contributed by atoms with Crippen molar-refractivity contribution in [3.63, 3.8) is 0 Å². The van der Waals surface area contributed by atoms with E-state index in [1.807, 2.05) is 31.2 Å². The number of rotatable bonds is 2. The highest BCUT2D eigenvalue weighted by molar-refractivity contribution is 9.10. The Morgan fingerprint density at radius 2 is 1.96 bits per heavy atom. The third kappa shape index (κ3) is 2.66. The fourth-order valence-corrected chi connectivity index (χ4v) is 6.14. The molecule has 2 aromatic carbocycles. The summed E-state index contributed by atoms with van der Waals surface area (Å²) in [6.45, 7) is 2.47. The first-order valence-electron chi connectivity index (χ1n) is 8.12. The van der Waals surface area contributed by atoms with E-state index in [1.165, 1.54) is 4.31 Å². The predicted octanol–water partition coefficient (Wildman–Crippen LogP) is 3.65. The van der Waals surface area contributed by atoms with Crippen molar-refractivity contribution in [2.24, 2.45) is 0 Å². The number of hydrogen-bond donors (Lipinski definition) is 1. The predicted molar refractivity (Wildman–Crippen MR) is 100 cm³/mol. The summed E-state index contributed by atoms with van der Waals surface area (Å²) in [5.41, 5.74) is 3.32. The Bertz CT molecular complexity index is 988. The molecule has 2 aliphatic rings. The van der Waals surface area contributed by atoms with Crippen molar-refractivity contribution in [3.05, 3.63) is 52.0 Å². The lowest BCUT2D eigenvalue weighted by molar-refractivity contribution is -0.116. The SMILES string of the molecule is C[C@@H]1CN(S(=O)(=O)c2cc3c(cc2Br)NC(=O)CC3)c2ccccc21. The largest absolute Gasteiger partial charge is 0.326 e. The van der Waals surface area contributed by atoms with E-state index < -0.39 is 10.0 Å². The fraction of sp³-hybridized carbons (Fsp3) is 0.278. The van der Waals surface area contributed by atoms with Crippen LogP contribution in [-0.2, 0) is 21.2 Å². The Morgan fingerprint density at radius 3 is 2.76 bits per heavy atom. The van der Waals surface area contributed by atoms with Gasteiger partial charge in [0.05, 0.1) is 5.69 Å². The van der Waals surface area contributed by atoms with E-state index in [2.05, 4.69) is 21.2 Å². The molecular weight excluding hydrogens is 404 g/mol. The Kier molecular flexibility index (Phi) is 3.88. The van der Waals surface area contributed by atoms with Crippen LogP contribution < -0.4 is 9.62 Å². The maximum Gasteiger partial charge on any atom is 0.265 e. The van der Waals surface area contributed by atoms with Crippen molar-refractivity contribution in [2.45, 2.75) is 30.6 Å². The monoisotopic (exact) mass is 420 g/mol. The third-order valence-corrected chi connectivity index (χ3v) is 7.54. The highest BCUT2D eigenvalue weighted by Gasteiger charge is 2.36. The molecular formula is C18H17BrN2O3S. The van der Waals surface area contributed by atoms with Crippen LogP contribution in [0.2, 0.25) is 0 Å². The number of carbonyl (C=O) groups excluding carboxylic acids is 1. The number of amides is 1. The van der Waals surface area contributed by atoms with Gasteiger partial charge in [-0.25, -0.2) is 8.42 Å². The Hall–Kier alpha value is -1.86. The van der Waals surface area contributed by atoms with E-state index in [9.17, 15) is 13.2 Å². The van der Waals surface area contributed by atoms with E-state index >= 15 is 0 Å². The summed E-state index contributed by atoms with van der Waals surface area (Å²) in [6, 6.07) is 11.0. The molecule has 1 N–H and O–H groups in total. The number of carbonyl (C=O) groups is 1. The molecule has 1 amide bonds. The van der Waals surface area contributed by atoms with Crippen LogP contribution in [0.1, 0.15) is 30.4 Å². The zero-order valence-corrected chi connectivity index (χ0v) is 16.0. The number of fused-ring (bicyclic) bond motifs is 2. The average molecular weight is 421 g/mol. The molecule has 0 aromatic heterocycles.